The molecule has 2 rings (SSSR count). The van der Waals surface area contributed by atoms with Crippen LogP contribution in [-0.2, 0) is 0 Å². The van der Waals surface area contributed by atoms with Crippen molar-refractivity contribution < 1.29 is 4.39 Å². The van der Waals surface area contributed by atoms with Crippen LogP contribution in [0, 0.1) is 19.7 Å². The van der Waals surface area contributed by atoms with Crippen molar-refractivity contribution in [3.63, 3.8) is 0 Å². The molecule has 84 valence electrons. The van der Waals surface area contributed by atoms with Gasteiger partial charge in [-0.3, -0.25) is 4.98 Å². The first kappa shape index (κ1) is 11.1. The van der Waals surface area contributed by atoms with Gasteiger partial charge in [-0.1, -0.05) is 13.8 Å². The Bertz CT molecular complexity index is 544. The molecule has 0 saturated heterocycles. The number of hydrogen-bond donors (Lipinski definition) is 0. The number of hydrogen-bond acceptors (Lipinski definition) is 1. The number of halogens is 1. The van der Waals surface area contributed by atoms with Crippen molar-refractivity contribution in [2.24, 2.45) is 0 Å². The van der Waals surface area contributed by atoms with E-state index in [4.69, 9.17) is 0 Å². The van der Waals surface area contributed by atoms with Gasteiger partial charge in [-0.15, -0.1) is 0 Å². The summed E-state index contributed by atoms with van der Waals surface area (Å²) in [5.41, 5.74) is 3.48. The minimum absolute atomic E-state index is 0.222. The summed E-state index contributed by atoms with van der Waals surface area (Å²) in [7, 11) is 0. The summed E-state index contributed by atoms with van der Waals surface area (Å²) < 4.78 is 13.8. The van der Waals surface area contributed by atoms with Gasteiger partial charge >= 0.3 is 0 Å². The molecule has 2 heteroatoms. The van der Waals surface area contributed by atoms with Gasteiger partial charge in [0.1, 0.15) is 11.3 Å². The maximum atomic E-state index is 13.8. The van der Waals surface area contributed by atoms with Crippen molar-refractivity contribution in [2.45, 2.75) is 33.6 Å². The first-order valence-corrected chi connectivity index (χ1v) is 5.56. The van der Waals surface area contributed by atoms with Gasteiger partial charge in [-0.25, -0.2) is 4.39 Å². The highest BCUT2D eigenvalue weighted by Gasteiger charge is 2.11. The van der Waals surface area contributed by atoms with Crippen LogP contribution in [0.25, 0.3) is 10.9 Å². The summed E-state index contributed by atoms with van der Waals surface area (Å²) in [6.07, 6.45) is 0. The molecule has 2 aromatic rings. The third-order valence-electron chi connectivity index (χ3n) is 2.79. The molecule has 0 N–H and O–H groups in total. The van der Waals surface area contributed by atoms with Crippen LogP contribution < -0.4 is 0 Å². The molecule has 0 aliphatic rings. The lowest BCUT2D eigenvalue weighted by molar-refractivity contribution is 0.635. The van der Waals surface area contributed by atoms with Crippen LogP contribution in [0.5, 0.6) is 0 Å². The molecule has 0 bridgehead atoms. The van der Waals surface area contributed by atoms with Gasteiger partial charge in [0, 0.05) is 11.1 Å². The fourth-order valence-electron chi connectivity index (χ4n) is 2.06. The van der Waals surface area contributed by atoms with Crippen LogP contribution in [0.2, 0.25) is 0 Å². The predicted octanol–water partition coefficient (Wildman–Crippen LogP) is 4.11. The SMILES string of the molecule is Cc1cc(F)c2nc(C)cc(C(C)C)c2c1. The largest absolute Gasteiger partial charge is 0.250 e. The number of rotatable bonds is 1. The highest BCUT2D eigenvalue weighted by Crippen LogP contribution is 2.27. The minimum atomic E-state index is -0.222. The highest BCUT2D eigenvalue weighted by molar-refractivity contribution is 5.84. The zero-order chi connectivity index (χ0) is 11.9. The van der Waals surface area contributed by atoms with E-state index < -0.39 is 0 Å². The molecule has 0 aliphatic heterocycles. The van der Waals surface area contributed by atoms with Crippen molar-refractivity contribution in [1.29, 1.82) is 0 Å². The molecule has 1 aromatic carbocycles. The summed E-state index contributed by atoms with van der Waals surface area (Å²) in [5.74, 6) is 0.158. The molecule has 16 heavy (non-hydrogen) atoms. The summed E-state index contributed by atoms with van der Waals surface area (Å²) >= 11 is 0. The summed E-state index contributed by atoms with van der Waals surface area (Å²) in [5, 5.41) is 0.943. The molecule has 1 nitrogen and oxygen atoms in total. The van der Waals surface area contributed by atoms with Crippen molar-refractivity contribution in [1.82, 2.24) is 4.98 Å². The zero-order valence-electron chi connectivity index (χ0n) is 10.1. The van der Waals surface area contributed by atoms with E-state index in [1.54, 1.807) is 6.07 Å². The molecule has 0 aliphatic carbocycles. The van der Waals surface area contributed by atoms with Gasteiger partial charge in [0.25, 0.3) is 0 Å². The van der Waals surface area contributed by atoms with Gasteiger partial charge in [-0.2, -0.15) is 0 Å². The van der Waals surface area contributed by atoms with Crippen LogP contribution in [-0.4, -0.2) is 4.98 Å². The molecule has 0 atom stereocenters. The number of nitrogens with zero attached hydrogens (tertiary/aromatic N) is 1. The minimum Gasteiger partial charge on any atom is -0.250 e. The molecule has 0 amide bonds. The van der Waals surface area contributed by atoms with E-state index in [0.717, 1.165) is 16.6 Å². The highest BCUT2D eigenvalue weighted by atomic mass is 19.1. The Morgan fingerprint density at radius 3 is 2.44 bits per heavy atom. The average molecular weight is 217 g/mol. The second-order valence-corrected chi connectivity index (χ2v) is 4.65. The lowest BCUT2D eigenvalue weighted by atomic mass is 9.96. The Balaban J connectivity index is 2.89. The quantitative estimate of drug-likeness (QED) is 0.700. The standard InChI is InChI=1S/C14H16FN/c1-8(2)11-7-10(4)16-14-12(11)5-9(3)6-13(14)15/h5-8H,1-4H3. The second-order valence-electron chi connectivity index (χ2n) is 4.65. The van der Waals surface area contributed by atoms with Gasteiger partial charge in [0.05, 0.1) is 0 Å². The Kier molecular flexibility index (Phi) is 2.66. The number of aryl methyl sites for hydroxylation is 2. The Labute approximate surface area is 95.3 Å². The summed E-state index contributed by atoms with van der Waals surface area (Å²) in [4.78, 5) is 4.28. The molecule has 0 fully saturated rings. The Hall–Kier alpha value is -1.44. The van der Waals surface area contributed by atoms with Crippen molar-refractivity contribution in [3.8, 4) is 0 Å². The van der Waals surface area contributed by atoms with Crippen LogP contribution in [0.3, 0.4) is 0 Å². The topological polar surface area (TPSA) is 12.9 Å². The van der Waals surface area contributed by atoms with E-state index >= 15 is 0 Å². The number of aromatic nitrogens is 1. The van der Waals surface area contributed by atoms with Crippen LogP contribution >= 0.6 is 0 Å². The third kappa shape index (κ3) is 1.80. The van der Waals surface area contributed by atoms with E-state index in [2.05, 4.69) is 18.8 Å². The third-order valence-corrected chi connectivity index (χ3v) is 2.79. The monoisotopic (exact) mass is 217 g/mol. The van der Waals surface area contributed by atoms with E-state index in [1.165, 1.54) is 5.56 Å². The Morgan fingerprint density at radius 1 is 1.12 bits per heavy atom. The van der Waals surface area contributed by atoms with Gasteiger partial charge < -0.3 is 0 Å². The number of benzene rings is 1. The summed E-state index contributed by atoms with van der Waals surface area (Å²) in [6.45, 7) is 8.06. The zero-order valence-corrected chi connectivity index (χ0v) is 10.1. The maximum absolute atomic E-state index is 13.8. The van der Waals surface area contributed by atoms with E-state index in [-0.39, 0.29) is 5.82 Å². The van der Waals surface area contributed by atoms with Crippen LogP contribution in [0.15, 0.2) is 18.2 Å². The van der Waals surface area contributed by atoms with Crippen molar-refractivity contribution in [2.75, 3.05) is 0 Å². The first-order valence-electron chi connectivity index (χ1n) is 5.56. The summed E-state index contributed by atoms with van der Waals surface area (Å²) in [6, 6.07) is 5.60. The van der Waals surface area contributed by atoms with Crippen molar-refractivity contribution in [3.05, 3.63) is 40.8 Å². The smallest absolute Gasteiger partial charge is 0.149 e. The molecule has 0 saturated carbocycles. The van der Waals surface area contributed by atoms with Gasteiger partial charge in [-0.05, 0) is 49.1 Å². The van der Waals surface area contributed by atoms with Crippen LogP contribution in [0.4, 0.5) is 4.39 Å². The van der Waals surface area contributed by atoms with Gasteiger partial charge in [0.2, 0.25) is 0 Å². The maximum Gasteiger partial charge on any atom is 0.149 e. The number of fused-ring (bicyclic) bond motifs is 1. The number of pyridine rings is 1. The molecular weight excluding hydrogens is 201 g/mol. The van der Waals surface area contributed by atoms with Gasteiger partial charge in [0.15, 0.2) is 0 Å². The first-order chi connectivity index (χ1) is 7.49. The Morgan fingerprint density at radius 2 is 1.81 bits per heavy atom. The van der Waals surface area contributed by atoms with Crippen molar-refractivity contribution >= 4 is 10.9 Å². The molecule has 0 unspecified atom stereocenters. The molecular formula is C14H16FN. The lowest BCUT2D eigenvalue weighted by Crippen LogP contribution is -1.97. The second kappa shape index (κ2) is 3.85. The fourth-order valence-corrected chi connectivity index (χ4v) is 2.06. The van der Waals surface area contributed by atoms with E-state index in [0.29, 0.717) is 11.4 Å². The average Bonchev–Trinajstić information content (AvgIpc) is 2.18. The predicted molar refractivity (Wildman–Crippen MR) is 65.3 cm³/mol. The molecule has 1 aromatic heterocycles. The van der Waals surface area contributed by atoms with E-state index in [9.17, 15) is 4.39 Å². The fraction of sp³-hybridized carbons (Fsp3) is 0.357. The lowest BCUT2D eigenvalue weighted by Gasteiger charge is -2.12. The molecule has 1 heterocycles. The molecule has 0 radical (unpaired) electrons. The molecule has 0 spiro atoms. The normalized spacial score (nSPS) is 11.4. The van der Waals surface area contributed by atoms with E-state index in [1.807, 2.05) is 26.0 Å². The van der Waals surface area contributed by atoms with Crippen LogP contribution in [0.1, 0.15) is 36.6 Å².